The number of nitrogens with two attached hydrogens (primary N) is 2. The number of primary amides is 1. The van der Waals surface area contributed by atoms with Crippen molar-refractivity contribution in [2.24, 2.45) is 18.5 Å². The van der Waals surface area contributed by atoms with Gasteiger partial charge in [-0.2, -0.15) is 0 Å². The van der Waals surface area contributed by atoms with Crippen molar-refractivity contribution in [1.82, 2.24) is 34.9 Å². The number of hydrogen-bond acceptors (Lipinski definition) is 9. The van der Waals surface area contributed by atoms with Gasteiger partial charge in [0.25, 0.3) is 0 Å². The van der Waals surface area contributed by atoms with Crippen LogP contribution in [0.5, 0.6) is 0 Å². The van der Waals surface area contributed by atoms with E-state index in [1.165, 1.54) is 14.0 Å². The van der Waals surface area contributed by atoms with E-state index in [0.717, 1.165) is 27.8 Å². The first kappa shape index (κ1) is 48.1. The molecule has 17 heteroatoms. The van der Waals surface area contributed by atoms with Crippen molar-refractivity contribution in [2.45, 2.75) is 107 Å². The Bertz CT molecular complexity index is 2770. The Balaban J connectivity index is 0.880. The van der Waals surface area contributed by atoms with E-state index in [0.29, 0.717) is 56.1 Å². The Labute approximate surface area is 399 Å². The Morgan fingerprint density at radius 1 is 0.754 bits per heavy atom. The van der Waals surface area contributed by atoms with Crippen molar-refractivity contribution >= 4 is 52.4 Å². The van der Waals surface area contributed by atoms with Crippen molar-refractivity contribution in [2.75, 3.05) is 13.1 Å². The summed E-state index contributed by atoms with van der Waals surface area (Å²) in [6.45, 7) is 0.328. The minimum atomic E-state index is -1.12. The molecule has 0 aliphatic carbocycles. The molecule has 3 aliphatic heterocycles. The van der Waals surface area contributed by atoms with E-state index in [1.54, 1.807) is 11.9 Å². The summed E-state index contributed by atoms with van der Waals surface area (Å²) < 4.78 is 2.99. The minimum absolute atomic E-state index is 0.0167. The Kier molecular flexibility index (Phi) is 14.8. The van der Waals surface area contributed by atoms with Gasteiger partial charge in [-0.05, 0) is 91.3 Å². The molecular weight excluding hydrogens is 879 g/mol. The molecule has 69 heavy (non-hydrogen) atoms. The summed E-state index contributed by atoms with van der Waals surface area (Å²) in [5.74, 6) is -3.06. The van der Waals surface area contributed by atoms with Crippen LogP contribution in [0.2, 0.25) is 0 Å². The molecule has 3 fully saturated rings. The number of imidazole rings is 1. The summed E-state index contributed by atoms with van der Waals surface area (Å²) >= 11 is 0. The first-order chi connectivity index (χ1) is 33.3. The number of hydrogen-bond donors (Lipinski definition) is 5. The molecule has 8 rings (SSSR count). The Hall–Kier alpha value is -7.40. The highest BCUT2D eigenvalue weighted by atomic mass is 16.2. The summed E-state index contributed by atoms with van der Waals surface area (Å²) in [6.07, 6.45) is 3.50. The number of nitrogens with zero attached hydrogens (tertiary/aromatic N) is 4. The number of amides is 7. The van der Waals surface area contributed by atoms with Gasteiger partial charge in [-0.15, -0.1) is 0 Å². The molecule has 5 atom stereocenters. The minimum Gasteiger partial charge on any atom is -0.370 e. The first-order valence-corrected chi connectivity index (χ1v) is 23.7. The van der Waals surface area contributed by atoms with Crippen molar-refractivity contribution < 1.29 is 33.6 Å². The normalized spacial score (nSPS) is 20.0. The maximum atomic E-state index is 14.1. The second-order valence-corrected chi connectivity index (χ2v) is 18.3. The van der Waals surface area contributed by atoms with Gasteiger partial charge in [-0.25, -0.2) is 4.79 Å². The van der Waals surface area contributed by atoms with Crippen LogP contribution in [-0.2, 0) is 59.9 Å². The third kappa shape index (κ3) is 10.8. The molecule has 0 saturated carbocycles. The third-order valence-corrected chi connectivity index (χ3v) is 13.8. The van der Waals surface area contributed by atoms with Gasteiger partial charge in [-0.1, -0.05) is 91.0 Å². The van der Waals surface area contributed by atoms with E-state index < -0.39 is 59.7 Å². The molecule has 17 nitrogen and oxygen atoms in total. The number of nitrogens with one attached hydrogen (secondary N) is 3. The summed E-state index contributed by atoms with van der Waals surface area (Å²) in [4.78, 5) is 109. The van der Waals surface area contributed by atoms with Gasteiger partial charge in [0.2, 0.25) is 41.4 Å². The lowest BCUT2D eigenvalue weighted by Crippen LogP contribution is -2.60. The summed E-state index contributed by atoms with van der Waals surface area (Å²) in [6, 6.07) is 27.7. The van der Waals surface area contributed by atoms with Crippen LogP contribution in [0.4, 0.5) is 0 Å². The number of carbonyl (C=O) groups excluding carboxylic acids is 7. The second kappa shape index (κ2) is 21.3. The largest absolute Gasteiger partial charge is 0.370 e. The first-order valence-electron chi connectivity index (χ1n) is 23.7. The zero-order chi connectivity index (χ0) is 48.8. The molecule has 5 aromatic rings. The molecule has 1 aromatic heterocycles. The van der Waals surface area contributed by atoms with Crippen LogP contribution in [-0.4, -0.2) is 97.5 Å². The number of aromatic nitrogens is 2. The lowest BCUT2D eigenvalue weighted by Gasteiger charge is -2.37. The second-order valence-electron chi connectivity index (χ2n) is 18.3. The Morgan fingerprint density at radius 2 is 1.42 bits per heavy atom. The molecular formula is C52H59N9O8. The highest BCUT2D eigenvalue weighted by molar-refractivity contribution is 6.00. The maximum Gasteiger partial charge on any atom is 0.329 e. The van der Waals surface area contributed by atoms with Crippen molar-refractivity contribution in [3.8, 4) is 0 Å². The summed E-state index contributed by atoms with van der Waals surface area (Å²) in [7, 11) is 1.67. The number of fused-ring (bicyclic) bond motifs is 2. The molecule has 0 spiro atoms. The zero-order valence-corrected chi connectivity index (χ0v) is 38.7. The molecule has 4 aromatic carbocycles. The lowest BCUT2D eigenvalue weighted by molar-refractivity contribution is -0.145. The lowest BCUT2D eigenvalue weighted by atomic mass is 9.96. The van der Waals surface area contributed by atoms with E-state index in [9.17, 15) is 38.4 Å². The van der Waals surface area contributed by atoms with E-state index in [1.807, 2.05) is 103 Å². The van der Waals surface area contributed by atoms with E-state index in [-0.39, 0.29) is 62.2 Å². The fraction of sp³-hybridized carbons (Fsp3) is 0.385. The molecule has 3 aliphatic rings. The van der Waals surface area contributed by atoms with Gasteiger partial charge in [0.05, 0.1) is 17.1 Å². The molecule has 1 unspecified atom stereocenters. The van der Waals surface area contributed by atoms with E-state index >= 15 is 0 Å². The van der Waals surface area contributed by atoms with Gasteiger partial charge in [0.1, 0.15) is 24.2 Å². The predicted octanol–water partition coefficient (Wildman–Crippen LogP) is 2.61. The highest BCUT2D eigenvalue weighted by Crippen LogP contribution is 2.31. The van der Waals surface area contributed by atoms with Crippen molar-refractivity contribution in [3.63, 3.8) is 0 Å². The van der Waals surface area contributed by atoms with Crippen LogP contribution in [0.1, 0.15) is 91.3 Å². The number of rotatable bonds is 16. The SMILES string of the molecule is Cn1c(=O)n(C2CCC(=O)NC2=O)c2ccc(CCc3ccccc3CCC(=O)N3CC[C@H]4CC[C@@H](C(=O)N[C@@H](CCC(N)=O)C(=O)NC(c5ccccc5)c5ccccc5)N4C(=O)[C@@H](N)C3)cc21. The predicted molar refractivity (Wildman–Crippen MR) is 257 cm³/mol. The van der Waals surface area contributed by atoms with Gasteiger partial charge in [0, 0.05) is 45.4 Å². The van der Waals surface area contributed by atoms with Crippen LogP contribution in [0, 0.1) is 0 Å². The summed E-state index contributed by atoms with van der Waals surface area (Å²) in [5, 5.41) is 8.25. The quantitative estimate of drug-likeness (QED) is 0.0913. The average molecular weight is 938 g/mol. The molecule has 360 valence electrons. The van der Waals surface area contributed by atoms with Crippen LogP contribution < -0.4 is 33.1 Å². The fourth-order valence-corrected chi connectivity index (χ4v) is 10.1. The number of piperidine rings is 1. The van der Waals surface area contributed by atoms with Gasteiger partial charge in [-0.3, -0.25) is 48.0 Å². The highest BCUT2D eigenvalue weighted by Gasteiger charge is 2.45. The maximum absolute atomic E-state index is 14.1. The van der Waals surface area contributed by atoms with Crippen molar-refractivity contribution in [3.05, 3.63) is 141 Å². The monoisotopic (exact) mass is 937 g/mol. The topological polar surface area (TPSA) is 241 Å². The molecule has 3 saturated heterocycles. The Morgan fingerprint density at radius 3 is 2.09 bits per heavy atom. The third-order valence-electron chi connectivity index (χ3n) is 13.8. The zero-order valence-electron chi connectivity index (χ0n) is 38.7. The van der Waals surface area contributed by atoms with Crippen LogP contribution in [0.15, 0.2) is 108 Å². The molecule has 7 N–H and O–H groups in total. The summed E-state index contributed by atoms with van der Waals surface area (Å²) in [5.41, 5.74) is 17.8. The van der Waals surface area contributed by atoms with Gasteiger partial charge in [0.15, 0.2) is 0 Å². The molecule has 4 heterocycles. The van der Waals surface area contributed by atoms with Crippen LogP contribution >= 0.6 is 0 Å². The molecule has 0 bridgehead atoms. The van der Waals surface area contributed by atoms with E-state index in [4.69, 9.17) is 11.5 Å². The fourth-order valence-electron chi connectivity index (χ4n) is 10.1. The standard InChI is InChI=1S/C52H59N9O8/c1-58-43-30-32(17-22-40(43)61(52(58)69)42-24-26-45(63)56-50(42)67)16-18-33-10-8-9-11-34(33)19-27-46(64)59-29-28-37-20-23-41(60(37)51(68)38(53)31-59)49(66)55-39(21-25-44(54)62)48(65)57-47(35-12-4-2-5-13-35)36-14-6-3-7-15-36/h2-15,17,22,30,37-39,41-42,47H,16,18-21,23-29,31,53H2,1H3,(H2,54,62)(H,55,66)(H,57,65)(H,56,63,67)/t37-,38+,39+,41+,42?/m1/s1. The molecule has 7 amide bonds. The van der Waals surface area contributed by atoms with Crippen molar-refractivity contribution in [1.29, 1.82) is 0 Å². The number of benzene rings is 4. The smallest absolute Gasteiger partial charge is 0.329 e. The van der Waals surface area contributed by atoms with Crippen LogP contribution in [0.3, 0.4) is 0 Å². The van der Waals surface area contributed by atoms with Gasteiger partial charge < -0.3 is 31.9 Å². The number of carbonyl (C=O) groups is 7. The number of imide groups is 1. The number of aryl methyl sites for hydroxylation is 4. The van der Waals surface area contributed by atoms with Crippen LogP contribution in [0.25, 0.3) is 11.0 Å². The van der Waals surface area contributed by atoms with Gasteiger partial charge >= 0.3 is 5.69 Å². The average Bonchev–Trinajstić information content (AvgIpc) is 3.88. The van der Waals surface area contributed by atoms with E-state index in [2.05, 4.69) is 16.0 Å². The molecule has 0 radical (unpaired) electrons.